The minimum Gasteiger partial charge on any atom is -0.527 e. The van der Waals surface area contributed by atoms with E-state index in [2.05, 4.69) is 0 Å². The lowest BCUT2D eigenvalue weighted by molar-refractivity contribution is 0.459. The van der Waals surface area contributed by atoms with Gasteiger partial charge in [-0.15, -0.1) is 0 Å². The van der Waals surface area contributed by atoms with Gasteiger partial charge in [-0.25, -0.2) is 0 Å². The fourth-order valence-corrected chi connectivity index (χ4v) is 2.27. The lowest BCUT2D eigenvalue weighted by atomic mass is 10.3. The van der Waals surface area contributed by atoms with Gasteiger partial charge in [0.05, 0.1) is 10.0 Å². The second kappa shape index (κ2) is 6.62. The molecule has 0 aliphatic heterocycles. The molecule has 0 unspecified atom stereocenters. The predicted molar refractivity (Wildman–Crippen MR) is 81.3 cm³/mol. The van der Waals surface area contributed by atoms with Crippen LogP contribution < -0.4 is 9.31 Å². The largest absolute Gasteiger partial charge is 0.576 e. The van der Waals surface area contributed by atoms with Crippen LogP contribution in [0.5, 0.6) is 11.5 Å². The maximum Gasteiger partial charge on any atom is 0.576 e. The Labute approximate surface area is 131 Å². The second-order valence-electron chi connectivity index (χ2n) is 3.56. The zero-order valence-corrected chi connectivity index (χ0v) is 12.5. The van der Waals surface area contributed by atoms with Crippen LogP contribution in [0.3, 0.4) is 0 Å². The van der Waals surface area contributed by atoms with Crippen molar-refractivity contribution < 1.29 is 9.31 Å². The van der Waals surface area contributed by atoms with E-state index >= 15 is 0 Å². The van der Waals surface area contributed by atoms with Crippen molar-refractivity contribution in [2.45, 2.75) is 0 Å². The minimum atomic E-state index is -0.0251. The molecule has 2 aromatic rings. The molecule has 0 saturated heterocycles. The summed E-state index contributed by atoms with van der Waals surface area (Å²) in [6.45, 7) is 0. The summed E-state index contributed by atoms with van der Waals surface area (Å²) in [5.41, 5.74) is 0. The van der Waals surface area contributed by atoms with Gasteiger partial charge in [-0.3, -0.25) is 0 Å². The number of hydrogen-bond donors (Lipinski definition) is 0. The summed E-state index contributed by atoms with van der Waals surface area (Å²) in [5.74, 6) is 0.965. The summed E-state index contributed by atoms with van der Waals surface area (Å²) in [7, 11) is -0.0251. The molecular weight excluding hydrogens is 329 g/mol. The summed E-state index contributed by atoms with van der Waals surface area (Å²) in [5, 5.41) is 1.91. The molecule has 7 heteroatoms. The molecule has 98 valence electrons. The second-order valence-corrected chi connectivity index (χ2v) is 5.24. The monoisotopic (exact) mass is 334 g/mol. The standard InChI is InChI=1S/C12H7BCl4O2/c14-7-1-3-11(9(16)5-7)18-13-19-12-4-2-8(15)6-10(12)17/h1-6,13H. The highest BCUT2D eigenvalue weighted by Gasteiger charge is 2.07. The van der Waals surface area contributed by atoms with Crippen LogP contribution in [-0.4, -0.2) is 7.69 Å². The fourth-order valence-electron chi connectivity index (χ4n) is 1.34. The lowest BCUT2D eigenvalue weighted by Gasteiger charge is -2.10. The van der Waals surface area contributed by atoms with E-state index in [0.717, 1.165) is 0 Å². The Morgan fingerprint density at radius 1 is 0.684 bits per heavy atom. The number of benzene rings is 2. The third-order valence-corrected chi connectivity index (χ3v) is 3.28. The molecule has 0 radical (unpaired) electrons. The highest BCUT2D eigenvalue weighted by atomic mass is 35.5. The Kier molecular flexibility index (Phi) is 5.11. The number of halogens is 4. The molecule has 0 spiro atoms. The molecule has 0 heterocycles. The van der Waals surface area contributed by atoms with Gasteiger partial charge in [0.2, 0.25) is 0 Å². The Morgan fingerprint density at radius 3 is 1.47 bits per heavy atom. The number of rotatable bonds is 4. The highest BCUT2D eigenvalue weighted by Crippen LogP contribution is 2.29. The van der Waals surface area contributed by atoms with Crippen molar-refractivity contribution in [1.82, 2.24) is 0 Å². The van der Waals surface area contributed by atoms with Crippen molar-refractivity contribution >= 4 is 54.1 Å². The van der Waals surface area contributed by atoms with Gasteiger partial charge in [0, 0.05) is 10.0 Å². The van der Waals surface area contributed by atoms with Gasteiger partial charge >= 0.3 is 7.69 Å². The van der Waals surface area contributed by atoms with E-state index in [0.29, 0.717) is 31.6 Å². The van der Waals surface area contributed by atoms with Crippen molar-refractivity contribution in [2.24, 2.45) is 0 Å². The highest BCUT2D eigenvalue weighted by molar-refractivity contribution is 6.37. The Bertz CT molecular complexity index is 540. The van der Waals surface area contributed by atoms with Crippen LogP contribution in [0.15, 0.2) is 36.4 Å². The van der Waals surface area contributed by atoms with Crippen LogP contribution in [0.25, 0.3) is 0 Å². The molecule has 2 rings (SSSR count). The van der Waals surface area contributed by atoms with Crippen LogP contribution in [0.4, 0.5) is 0 Å². The van der Waals surface area contributed by atoms with Crippen molar-refractivity contribution in [1.29, 1.82) is 0 Å². The van der Waals surface area contributed by atoms with Gasteiger partial charge in [-0.05, 0) is 36.4 Å². The smallest absolute Gasteiger partial charge is 0.527 e. The summed E-state index contributed by atoms with van der Waals surface area (Å²) in [6.07, 6.45) is 0. The van der Waals surface area contributed by atoms with Gasteiger partial charge in [0.25, 0.3) is 0 Å². The van der Waals surface area contributed by atoms with Crippen LogP contribution in [0.2, 0.25) is 20.1 Å². The summed E-state index contributed by atoms with van der Waals surface area (Å²) in [4.78, 5) is 0. The van der Waals surface area contributed by atoms with Crippen molar-refractivity contribution in [2.75, 3.05) is 0 Å². The molecular formula is C12H7BCl4O2. The van der Waals surface area contributed by atoms with Gasteiger partial charge in [-0.2, -0.15) is 0 Å². The zero-order valence-electron chi connectivity index (χ0n) is 9.50. The Morgan fingerprint density at radius 2 is 1.11 bits per heavy atom. The van der Waals surface area contributed by atoms with Gasteiger partial charge < -0.3 is 9.31 Å². The Balaban J connectivity index is 1.96. The first-order valence-electron chi connectivity index (χ1n) is 5.22. The van der Waals surface area contributed by atoms with Crippen molar-refractivity contribution in [3.8, 4) is 11.5 Å². The van der Waals surface area contributed by atoms with Crippen molar-refractivity contribution in [3.63, 3.8) is 0 Å². The van der Waals surface area contributed by atoms with E-state index in [1.54, 1.807) is 36.4 Å². The van der Waals surface area contributed by atoms with E-state index in [1.807, 2.05) is 0 Å². The summed E-state index contributed by atoms with van der Waals surface area (Å²) < 4.78 is 10.8. The summed E-state index contributed by atoms with van der Waals surface area (Å²) in [6, 6.07) is 9.87. The van der Waals surface area contributed by atoms with Gasteiger partial charge in [-0.1, -0.05) is 46.4 Å². The van der Waals surface area contributed by atoms with E-state index < -0.39 is 0 Å². The molecule has 19 heavy (non-hydrogen) atoms. The first-order chi connectivity index (χ1) is 9.06. The van der Waals surface area contributed by atoms with Crippen LogP contribution in [0.1, 0.15) is 0 Å². The first-order valence-corrected chi connectivity index (χ1v) is 6.73. The predicted octanol–water partition coefficient (Wildman–Crippen LogP) is 5.02. The molecule has 0 bridgehead atoms. The van der Waals surface area contributed by atoms with Crippen LogP contribution >= 0.6 is 46.4 Å². The van der Waals surface area contributed by atoms with Crippen LogP contribution in [-0.2, 0) is 0 Å². The van der Waals surface area contributed by atoms with E-state index in [4.69, 9.17) is 55.7 Å². The minimum absolute atomic E-state index is 0.0251. The Hall–Kier alpha value is -0.735. The maximum absolute atomic E-state index is 5.95. The SMILES string of the molecule is Clc1ccc(OBOc2ccc(Cl)cc2Cl)c(Cl)c1. The maximum atomic E-state index is 5.95. The normalized spacial score (nSPS) is 10.1. The molecule has 2 nitrogen and oxygen atoms in total. The molecule has 0 saturated carbocycles. The van der Waals surface area contributed by atoms with E-state index in [9.17, 15) is 0 Å². The van der Waals surface area contributed by atoms with Crippen molar-refractivity contribution in [3.05, 3.63) is 56.5 Å². The van der Waals surface area contributed by atoms with Gasteiger partial charge in [0.1, 0.15) is 11.5 Å². The lowest BCUT2D eigenvalue weighted by Crippen LogP contribution is -2.11. The van der Waals surface area contributed by atoms with E-state index in [1.165, 1.54) is 0 Å². The third kappa shape index (κ3) is 4.12. The zero-order chi connectivity index (χ0) is 13.8. The molecule has 0 N–H and O–H groups in total. The topological polar surface area (TPSA) is 18.5 Å². The number of hydrogen-bond acceptors (Lipinski definition) is 2. The van der Waals surface area contributed by atoms with Crippen LogP contribution in [0, 0.1) is 0 Å². The first kappa shape index (κ1) is 14.7. The quantitative estimate of drug-likeness (QED) is 0.730. The molecule has 0 aliphatic rings. The molecule has 0 atom stereocenters. The van der Waals surface area contributed by atoms with Gasteiger partial charge in [0.15, 0.2) is 0 Å². The molecule has 0 aromatic heterocycles. The van der Waals surface area contributed by atoms with E-state index in [-0.39, 0.29) is 7.69 Å². The molecule has 0 amide bonds. The average molecular weight is 336 g/mol. The summed E-state index contributed by atoms with van der Waals surface area (Å²) >= 11 is 23.5. The average Bonchev–Trinajstić information content (AvgIpc) is 2.34. The molecule has 0 fully saturated rings. The molecule has 2 aromatic carbocycles. The fraction of sp³-hybridized carbons (Fsp3) is 0. The molecule has 0 aliphatic carbocycles. The third-order valence-electron chi connectivity index (χ3n) is 2.22.